The second-order valence-corrected chi connectivity index (χ2v) is 7.17. The first-order valence-electron chi connectivity index (χ1n) is 7.13. The number of nitriles is 1. The number of benzene rings is 1. The fraction of sp³-hybridized carbons (Fsp3) is 0.533. The maximum atomic E-state index is 12.3. The zero-order valence-electron chi connectivity index (χ0n) is 12.4. The molecule has 0 fully saturated rings. The summed E-state index contributed by atoms with van der Waals surface area (Å²) in [5.41, 5.74) is 0.341. The van der Waals surface area contributed by atoms with Crippen molar-refractivity contribution in [3.63, 3.8) is 0 Å². The normalized spacial score (nSPS) is 12.9. The number of rotatable bonds is 8. The topological polar surface area (TPSA) is 70.0 Å². The maximum absolute atomic E-state index is 12.3. The number of nitrogens with one attached hydrogen (secondary N) is 1. The molecule has 0 aliphatic carbocycles. The van der Waals surface area contributed by atoms with E-state index in [1.54, 1.807) is 0 Å². The van der Waals surface area contributed by atoms with Gasteiger partial charge in [0.05, 0.1) is 16.7 Å². The fourth-order valence-corrected chi connectivity index (χ4v) is 3.70. The molecule has 0 heterocycles. The van der Waals surface area contributed by atoms with Crippen LogP contribution in [-0.2, 0) is 10.0 Å². The van der Waals surface area contributed by atoms with Gasteiger partial charge in [0, 0.05) is 6.54 Å². The molecule has 0 bridgehead atoms. The molecule has 0 radical (unpaired) electrons. The Hall–Kier alpha value is -1.09. The zero-order valence-corrected chi connectivity index (χ0v) is 14.0. The van der Waals surface area contributed by atoms with Crippen molar-refractivity contribution >= 4 is 21.6 Å². The molecule has 1 aromatic rings. The van der Waals surface area contributed by atoms with Crippen LogP contribution in [0.1, 0.15) is 45.1 Å². The van der Waals surface area contributed by atoms with Gasteiger partial charge in [0.25, 0.3) is 0 Å². The first-order valence-corrected chi connectivity index (χ1v) is 9.00. The Kier molecular flexibility index (Phi) is 7.16. The Morgan fingerprint density at radius 2 is 2.10 bits per heavy atom. The summed E-state index contributed by atoms with van der Waals surface area (Å²) >= 11 is 5.96. The van der Waals surface area contributed by atoms with Gasteiger partial charge in [0.2, 0.25) is 10.0 Å². The van der Waals surface area contributed by atoms with E-state index in [4.69, 9.17) is 16.9 Å². The molecule has 0 spiro atoms. The quantitative estimate of drug-likeness (QED) is 0.790. The fourth-order valence-electron chi connectivity index (χ4n) is 2.04. The Balaban J connectivity index is 2.80. The molecule has 21 heavy (non-hydrogen) atoms. The highest BCUT2D eigenvalue weighted by Crippen LogP contribution is 2.23. The van der Waals surface area contributed by atoms with E-state index in [1.807, 2.05) is 6.07 Å². The largest absolute Gasteiger partial charge is 0.242 e. The van der Waals surface area contributed by atoms with E-state index in [9.17, 15) is 8.42 Å². The third-order valence-corrected chi connectivity index (χ3v) is 5.36. The summed E-state index contributed by atoms with van der Waals surface area (Å²) in [7, 11) is -3.64. The molecule has 116 valence electrons. The number of halogens is 1. The van der Waals surface area contributed by atoms with Gasteiger partial charge in [-0.05, 0) is 30.5 Å². The minimum atomic E-state index is -3.64. The van der Waals surface area contributed by atoms with Crippen molar-refractivity contribution in [3.8, 4) is 6.07 Å². The minimum Gasteiger partial charge on any atom is -0.211 e. The number of unbranched alkanes of at least 4 members (excludes halogenated alkanes) is 1. The van der Waals surface area contributed by atoms with E-state index in [-0.39, 0.29) is 9.92 Å². The first kappa shape index (κ1) is 18.0. The van der Waals surface area contributed by atoms with Gasteiger partial charge in [-0.15, -0.1) is 0 Å². The monoisotopic (exact) mass is 328 g/mol. The summed E-state index contributed by atoms with van der Waals surface area (Å²) in [6.45, 7) is 4.59. The van der Waals surface area contributed by atoms with Crippen molar-refractivity contribution in [1.82, 2.24) is 4.72 Å². The molecule has 0 aliphatic rings. The number of sulfonamides is 1. The lowest BCUT2D eigenvalue weighted by Crippen LogP contribution is -2.29. The molecule has 0 saturated heterocycles. The van der Waals surface area contributed by atoms with Crippen LogP contribution in [0.5, 0.6) is 0 Å². The van der Waals surface area contributed by atoms with Crippen molar-refractivity contribution in [2.75, 3.05) is 6.54 Å². The van der Waals surface area contributed by atoms with Gasteiger partial charge < -0.3 is 0 Å². The van der Waals surface area contributed by atoms with E-state index in [2.05, 4.69) is 18.6 Å². The van der Waals surface area contributed by atoms with E-state index in [0.29, 0.717) is 18.0 Å². The lowest BCUT2D eigenvalue weighted by atomic mass is 10.00. The summed E-state index contributed by atoms with van der Waals surface area (Å²) in [5.74, 6) is 0.330. The van der Waals surface area contributed by atoms with E-state index >= 15 is 0 Å². The minimum absolute atomic E-state index is 0.0218. The average Bonchev–Trinajstić information content (AvgIpc) is 2.47. The van der Waals surface area contributed by atoms with Gasteiger partial charge in [0.1, 0.15) is 4.90 Å². The van der Waals surface area contributed by atoms with Gasteiger partial charge in [0.15, 0.2) is 0 Å². The molecule has 0 saturated carbocycles. The number of hydrogen-bond acceptors (Lipinski definition) is 3. The van der Waals surface area contributed by atoms with Crippen LogP contribution in [0.2, 0.25) is 5.02 Å². The Morgan fingerprint density at radius 3 is 2.62 bits per heavy atom. The van der Waals surface area contributed by atoms with Crippen LogP contribution in [0.3, 0.4) is 0 Å². The van der Waals surface area contributed by atoms with Crippen molar-refractivity contribution < 1.29 is 8.42 Å². The molecule has 4 nitrogen and oxygen atoms in total. The summed E-state index contributed by atoms with van der Waals surface area (Å²) < 4.78 is 27.2. The van der Waals surface area contributed by atoms with Crippen LogP contribution in [-0.4, -0.2) is 15.0 Å². The van der Waals surface area contributed by atoms with Crippen LogP contribution in [0.4, 0.5) is 0 Å². The van der Waals surface area contributed by atoms with E-state index in [0.717, 1.165) is 25.7 Å². The highest BCUT2D eigenvalue weighted by molar-refractivity contribution is 7.89. The number of nitrogens with zero attached hydrogens (tertiary/aromatic N) is 1. The summed E-state index contributed by atoms with van der Waals surface area (Å²) in [5, 5.41) is 8.84. The molecule has 1 aromatic carbocycles. The van der Waals surface area contributed by atoms with E-state index < -0.39 is 10.0 Å². The SMILES string of the molecule is CCCCC(CC)CNS(=O)(=O)c1ccc(C#N)cc1Cl. The highest BCUT2D eigenvalue weighted by Gasteiger charge is 2.19. The van der Waals surface area contributed by atoms with Gasteiger partial charge in [-0.1, -0.05) is 44.7 Å². The molecule has 0 amide bonds. The summed E-state index contributed by atoms with van der Waals surface area (Å²) in [4.78, 5) is 0.0218. The Bertz CT molecular complexity index is 609. The predicted molar refractivity (Wildman–Crippen MR) is 84.7 cm³/mol. The lowest BCUT2D eigenvalue weighted by Gasteiger charge is -2.16. The van der Waals surface area contributed by atoms with Crippen molar-refractivity contribution in [1.29, 1.82) is 5.26 Å². The van der Waals surface area contributed by atoms with Crippen LogP contribution in [0, 0.1) is 17.2 Å². The molecule has 1 rings (SSSR count). The Labute approximate surface area is 132 Å². The molecule has 1 N–H and O–H groups in total. The van der Waals surface area contributed by atoms with Crippen LogP contribution < -0.4 is 4.72 Å². The average molecular weight is 329 g/mol. The van der Waals surface area contributed by atoms with Crippen LogP contribution in [0.15, 0.2) is 23.1 Å². The molecular weight excluding hydrogens is 308 g/mol. The third kappa shape index (κ3) is 5.31. The van der Waals surface area contributed by atoms with E-state index in [1.165, 1.54) is 18.2 Å². The smallest absolute Gasteiger partial charge is 0.211 e. The van der Waals surface area contributed by atoms with Crippen LogP contribution in [0.25, 0.3) is 0 Å². The maximum Gasteiger partial charge on any atom is 0.242 e. The van der Waals surface area contributed by atoms with Crippen molar-refractivity contribution in [3.05, 3.63) is 28.8 Å². The molecule has 0 aliphatic heterocycles. The lowest BCUT2D eigenvalue weighted by molar-refractivity contribution is 0.444. The predicted octanol–water partition coefficient (Wildman–Crippen LogP) is 3.71. The van der Waals surface area contributed by atoms with Gasteiger partial charge in [-0.3, -0.25) is 0 Å². The zero-order chi connectivity index (χ0) is 15.9. The van der Waals surface area contributed by atoms with Crippen molar-refractivity contribution in [2.24, 2.45) is 5.92 Å². The Morgan fingerprint density at radius 1 is 1.38 bits per heavy atom. The van der Waals surface area contributed by atoms with Gasteiger partial charge in [-0.2, -0.15) is 5.26 Å². The molecule has 6 heteroatoms. The highest BCUT2D eigenvalue weighted by atomic mass is 35.5. The van der Waals surface area contributed by atoms with Gasteiger partial charge >= 0.3 is 0 Å². The summed E-state index contributed by atoms with van der Waals surface area (Å²) in [6, 6.07) is 6.12. The number of hydrogen-bond donors (Lipinski definition) is 1. The van der Waals surface area contributed by atoms with Gasteiger partial charge in [-0.25, -0.2) is 13.1 Å². The first-order chi connectivity index (χ1) is 9.94. The molecule has 1 unspecified atom stereocenters. The van der Waals surface area contributed by atoms with Crippen molar-refractivity contribution in [2.45, 2.75) is 44.4 Å². The molecule has 0 aromatic heterocycles. The molecule has 1 atom stereocenters. The standard InChI is InChI=1S/C15H21ClN2O2S/c1-3-5-6-12(4-2)11-18-21(19,20)15-8-7-13(10-17)9-14(15)16/h7-9,12,18H,3-6,11H2,1-2H3. The summed E-state index contributed by atoms with van der Waals surface area (Å²) in [6.07, 6.45) is 4.14. The third-order valence-electron chi connectivity index (χ3n) is 3.46. The molecular formula is C15H21ClN2O2S. The second-order valence-electron chi connectivity index (χ2n) is 5.03. The second kappa shape index (κ2) is 8.38. The van der Waals surface area contributed by atoms with Crippen LogP contribution >= 0.6 is 11.6 Å².